The number of aromatic nitrogens is 1. The SMILES string of the molecule is Cc1[nH]c2c(C)ccc(C)c2c(=O)c1CN1CCOCC1. The number of hydrogen-bond donors (Lipinski definition) is 1. The van der Waals surface area contributed by atoms with E-state index in [1.165, 1.54) is 0 Å². The smallest absolute Gasteiger partial charge is 0.194 e. The summed E-state index contributed by atoms with van der Waals surface area (Å²) in [5.41, 5.74) is 5.18. The Morgan fingerprint density at radius 1 is 1.14 bits per heavy atom. The molecule has 4 nitrogen and oxygen atoms in total. The van der Waals surface area contributed by atoms with Crippen molar-refractivity contribution in [2.75, 3.05) is 26.3 Å². The van der Waals surface area contributed by atoms with E-state index in [2.05, 4.69) is 16.0 Å². The first kappa shape index (κ1) is 14.3. The van der Waals surface area contributed by atoms with Crippen LogP contribution in [-0.2, 0) is 11.3 Å². The molecule has 4 heteroatoms. The van der Waals surface area contributed by atoms with Crippen LogP contribution in [0.4, 0.5) is 0 Å². The molecule has 112 valence electrons. The summed E-state index contributed by atoms with van der Waals surface area (Å²) in [6.45, 7) is 10.0. The van der Waals surface area contributed by atoms with Gasteiger partial charge in [-0.15, -0.1) is 0 Å². The summed E-state index contributed by atoms with van der Waals surface area (Å²) >= 11 is 0. The number of nitrogens with zero attached hydrogens (tertiary/aromatic N) is 1. The van der Waals surface area contributed by atoms with E-state index >= 15 is 0 Å². The zero-order valence-electron chi connectivity index (χ0n) is 13.0. The van der Waals surface area contributed by atoms with Crippen molar-refractivity contribution in [3.05, 3.63) is 44.7 Å². The van der Waals surface area contributed by atoms with E-state index < -0.39 is 0 Å². The summed E-state index contributed by atoms with van der Waals surface area (Å²) < 4.78 is 5.38. The van der Waals surface area contributed by atoms with Gasteiger partial charge in [-0.2, -0.15) is 0 Å². The lowest BCUT2D eigenvalue weighted by atomic mass is 10.0. The van der Waals surface area contributed by atoms with E-state index in [1.807, 2.05) is 26.8 Å². The summed E-state index contributed by atoms with van der Waals surface area (Å²) in [4.78, 5) is 18.6. The number of aromatic amines is 1. The third kappa shape index (κ3) is 2.61. The number of nitrogens with one attached hydrogen (secondary N) is 1. The summed E-state index contributed by atoms with van der Waals surface area (Å²) in [5.74, 6) is 0. The Labute approximate surface area is 124 Å². The molecule has 0 radical (unpaired) electrons. The zero-order valence-corrected chi connectivity index (χ0v) is 13.0. The highest BCUT2D eigenvalue weighted by Gasteiger charge is 2.17. The third-order valence-electron chi connectivity index (χ3n) is 4.37. The fourth-order valence-electron chi connectivity index (χ4n) is 3.02. The molecule has 0 aliphatic carbocycles. The van der Waals surface area contributed by atoms with Crippen LogP contribution in [0.1, 0.15) is 22.4 Å². The van der Waals surface area contributed by atoms with Crippen molar-refractivity contribution in [3.8, 4) is 0 Å². The molecule has 2 heterocycles. The molecule has 1 aliphatic heterocycles. The molecule has 1 aromatic carbocycles. The molecule has 0 unspecified atom stereocenters. The lowest BCUT2D eigenvalue weighted by molar-refractivity contribution is 0.0339. The quantitative estimate of drug-likeness (QED) is 0.921. The Morgan fingerprint density at radius 3 is 2.52 bits per heavy atom. The molecule has 0 amide bonds. The first-order valence-corrected chi connectivity index (χ1v) is 7.49. The lowest BCUT2D eigenvalue weighted by Gasteiger charge is -2.27. The summed E-state index contributed by atoms with van der Waals surface area (Å²) in [6.07, 6.45) is 0. The van der Waals surface area contributed by atoms with Gasteiger partial charge in [0, 0.05) is 36.3 Å². The number of pyridine rings is 1. The van der Waals surface area contributed by atoms with Gasteiger partial charge in [-0.25, -0.2) is 0 Å². The standard InChI is InChI=1S/C17H22N2O2/c1-11-4-5-12(2)16-15(11)17(20)14(13(3)18-16)10-19-6-8-21-9-7-19/h4-5H,6-10H2,1-3H3,(H,18,20). The van der Waals surface area contributed by atoms with Gasteiger partial charge in [-0.3, -0.25) is 9.69 Å². The van der Waals surface area contributed by atoms with E-state index in [0.29, 0.717) is 6.54 Å². The highest BCUT2D eigenvalue weighted by atomic mass is 16.5. The molecule has 0 spiro atoms. The van der Waals surface area contributed by atoms with Gasteiger partial charge in [0.15, 0.2) is 5.43 Å². The van der Waals surface area contributed by atoms with Crippen molar-refractivity contribution in [1.29, 1.82) is 0 Å². The van der Waals surface area contributed by atoms with Crippen molar-refractivity contribution in [2.24, 2.45) is 0 Å². The molecule has 21 heavy (non-hydrogen) atoms. The maximum absolute atomic E-state index is 12.9. The number of ether oxygens (including phenoxy) is 1. The number of morpholine rings is 1. The summed E-state index contributed by atoms with van der Waals surface area (Å²) in [7, 11) is 0. The van der Waals surface area contributed by atoms with Crippen molar-refractivity contribution in [2.45, 2.75) is 27.3 Å². The van der Waals surface area contributed by atoms with Crippen LogP contribution in [0.15, 0.2) is 16.9 Å². The van der Waals surface area contributed by atoms with Crippen molar-refractivity contribution >= 4 is 10.9 Å². The minimum absolute atomic E-state index is 0.175. The second kappa shape index (κ2) is 5.62. The van der Waals surface area contributed by atoms with Crippen LogP contribution in [-0.4, -0.2) is 36.2 Å². The second-order valence-corrected chi connectivity index (χ2v) is 5.90. The molecule has 0 bridgehead atoms. The minimum atomic E-state index is 0.175. The van der Waals surface area contributed by atoms with Gasteiger partial charge in [0.05, 0.1) is 18.7 Å². The molecule has 1 aliphatic rings. The Bertz CT molecular complexity index is 728. The molecule has 1 saturated heterocycles. The third-order valence-corrected chi connectivity index (χ3v) is 4.37. The fraction of sp³-hybridized carbons (Fsp3) is 0.471. The largest absolute Gasteiger partial charge is 0.379 e. The number of H-pyrrole nitrogens is 1. The van der Waals surface area contributed by atoms with Gasteiger partial charge < -0.3 is 9.72 Å². The predicted molar refractivity (Wildman–Crippen MR) is 84.9 cm³/mol. The number of rotatable bonds is 2. The van der Waals surface area contributed by atoms with Crippen LogP contribution < -0.4 is 5.43 Å². The van der Waals surface area contributed by atoms with Gasteiger partial charge in [0.1, 0.15) is 0 Å². The van der Waals surface area contributed by atoms with Crippen LogP contribution >= 0.6 is 0 Å². The molecule has 2 aromatic rings. The topological polar surface area (TPSA) is 45.3 Å². The van der Waals surface area contributed by atoms with Gasteiger partial charge in [0.25, 0.3) is 0 Å². The highest BCUT2D eigenvalue weighted by Crippen LogP contribution is 2.20. The predicted octanol–water partition coefficient (Wildman–Crippen LogP) is 2.29. The Balaban J connectivity index is 2.10. The van der Waals surface area contributed by atoms with E-state index in [-0.39, 0.29) is 5.43 Å². The molecule has 1 N–H and O–H groups in total. The molecule has 3 rings (SSSR count). The van der Waals surface area contributed by atoms with E-state index in [1.54, 1.807) is 0 Å². The first-order valence-electron chi connectivity index (χ1n) is 7.49. The number of hydrogen-bond acceptors (Lipinski definition) is 3. The highest BCUT2D eigenvalue weighted by molar-refractivity contribution is 5.85. The van der Waals surface area contributed by atoms with Gasteiger partial charge in [-0.05, 0) is 31.9 Å². The van der Waals surface area contributed by atoms with Crippen LogP contribution in [0.2, 0.25) is 0 Å². The number of benzene rings is 1. The number of aryl methyl sites for hydroxylation is 3. The minimum Gasteiger partial charge on any atom is -0.379 e. The second-order valence-electron chi connectivity index (χ2n) is 5.90. The molecule has 0 saturated carbocycles. The van der Waals surface area contributed by atoms with Crippen LogP contribution in [0.3, 0.4) is 0 Å². The summed E-state index contributed by atoms with van der Waals surface area (Å²) in [6, 6.07) is 4.09. The zero-order chi connectivity index (χ0) is 15.0. The molecule has 1 fully saturated rings. The van der Waals surface area contributed by atoms with Crippen molar-refractivity contribution < 1.29 is 4.74 Å². The fourth-order valence-corrected chi connectivity index (χ4v) is 3.02. The summed E-state index contributed by atoms with van der Waals surface area (Å²) in [5, 5.41) is 0.837. The molecule has 0 atom stereocenters. The maximum atomic E-state index is 12.9. The average molecular weight is 286 g/mol. The lowest BCUT2D eigenvalue weighted by Crippen LogP contribution is -2.37. The average Bonchev–Trinajstić information content (AvgIpc) is 2.48. The van der Waals surface area contributed by atoms with Crippen LogP contribution in [0.25, 0.3) is 10.9 Å². The normalized spacial score (nSPS) is 16.5. The molecular formula is C17H22N2O2. The Morgan fingerprint density at radius 2 is 1.81 bits per heavy atom. The monoisotopic (exact) mass is 286 g/mol. The van der Waals surface area contributed by atoms with E-state index in [4.69, 9.17) is 4.74 Å². The number of fused-ring (bicyclic) bond motifs is 1. The van der Waals surface area contributed by atoms with E-state index in [0.717, 1.165) is 59.6 Å². The Kier molecular flexibility index (Phi) is 3.83. The molecule has 1 aromatic heterocycles. The van der Waals surface area contributed by atoms with Crippen LogP contribution in [0, 0.1) is 20.8 Å². The van der Waals surface area contributed by atoms with Gasteiger partial charge >= 0.3 is 0 Å². The van der Waals surface area contributed by atoms with E-state index in [9.17, 15) is 4.79 Å². The molecular weight excluding hydrogens is 264 g/mol. The van der Waals surface area contributed by atoms with Crippen molar-refractivity contribution in [3.63, 3.8) is 0 Å². The van der Waals surface area contributed by atoms with Gasteiger partial charge in [-0.1, -0.05) is 12.1 Å². The van der Waals surface area contributed by atoms with Crippen LogP contribution in [0.5, 0.6) is 0 Å². The van der Waals surface area contributed by atoms with Gasteiger partial charge in [0.2, 0.25) is 0 Å². The Hall–Kier alpha value is -1.65. The first-order chi connectivity index (χ1) is 10.1. The maximum Gasteiger partial charge on any atom is 0.194 e. The van der Waals surface area contributed by atoms with Crippen molar-refractivity contribution in [1.82, 2.24) is 9.88 Å².